The Morgan fingerprint density at radius 2 is 1.24 bits per heavy atom. The Kier molecular flexibility index (Phi) is 14.3. The van der Waals surface area contributed by atoms with Gasteiger partial charge < -0.3 is 0 Å². The molecule has 1 atom stereocenters. The van der Waals surface area contributed by atoms with Crippen LogP contribution < -0.4 is 0 Å². The Morgan fingerprint density at radius 1 is 0.686 bits per heavy atom. The fraction of sp³-hybridized carbons (Fsp3) is 0.375. The Balaban J connectivity index is 0.000000177. The molecule has 0 saturated carbocycles. The zero-order valence-corrected chi connectivity index (χ0v) is 36.7. The fourth-order valence-corrected chi connectivity index (χ4v) is 8.59. The van der Waals surface area contributed by atoms with Gasteiger partial charge >= 0.3 is 123 Å². The maximum atomic E-state index is 5.84. The zero-order valence-electron chi connectivity index (χ0n) is 32.7. The average molecular weight is 795 g/mol. The van der Waals surface area contributed by atoms with Crippen LogP contribution in [-0.4, -0.2) is 7.42 Å². The van der Waals surface area contributed by atoms with Gasteiger partial charge in [-0.05, 0) is 28.4 Å². The summed E-state index contributed by atoms with van der Waals surface area (Å²) in [6, 6.07) is 31.1. The average Bonchev–Trinajstić information content (AvgIpc) is 3.67. The van der Waals surface area contributed by atoms with Crippen LogP contribution in [-0.2, 0) is 39.5 Å². The van der Waals surface area contributed by atoms with Gasteiger partial charge in [-0.25, -0.2) is 5.57 Å². The quantitative estimate of drug-likeness (QED) is 0.159. The van der Waals surface area contributed by atoms with Crippen LogP contribution in [0.5, 0.6) is 0 Å². The molecule has 51 heavy (non-hydrogen) atoms. The van der Waals surface area contributed by atoms with E-state index >= 15 is 0 Å². The number of benzene rings is 4. The summed E-state index contributed by atoms with van der Waals surface area (Å²) in [4.78, 5) is 0. The van der Waals surface area contributed by atoms with E-state index in [2.05, 4.69) is 156 Å². The molecule has 0 fully saturated rings. The van der Waals surface area contributed by atoms with Crippen LogP contribution in [0, 0.1) is 23.5 Å². The van der Waals surface area contributed by atoms with Crippen LogP contribution in [0.4, 0.5) is 0 Å². The van der Waals surface area contributed by atoms with Gasteiger partial charge in [-0.15, -0.1) is 11.1 Å². The zero-order chi connectivity index (χ0) is 37.6. The third kappa shape index (κ3) is 11.8. The Labute approximate surface area is 330 Å². The molecule has 0 spiro atoms. The standard InChI is InChI=1S/C21H25.C13H21.2C7H5Cl.Zr/c1-20(2,3)16-7-9-18-14(12-16)11-15-13-17(21(4,5)6)8-10-19(15)18;1-6-10-8-11(7-2)12(9-10)13(3,4)5;2*1-6-2-4-7(8)5-3-6;/h7-10,12H,11H2,1-6H3;9-10H,6-7H2,1-5H3;2*1-5H;/q2*-1;;;. The summed E-state index contributed by atoms with van der Waals surface area (Å²) in [6.07, 6.45) is 9.31. The van der Waals surface area contributed by atoms with E-state index in [0.29, 0.717) is 11.3 Å². The van der Waals surface area contributed by atoms with E-state index in [1.165, 1.54) is 62.1 Å². The van der Waals surface area contributed by atoms with Crippen molar-refractivity contribution in [1.82, 2.24) is 0 Å². The van der Waals surface area contributed by atoms with Crippen LogP contribution in [0.3, 0.4) is 0 Å². The van der Waals surface area contributed by atoms with Gasteiger partial charge in [0.2, 0.25) is 0 Å². The van der Waals surface area contributed by atoms with Crippen LogP contribution in [0.1, 0.15) is 122 Å². The van der Waals surface area contributed by atoms with Gasteiger partial charge in [-0.3, -0.25) is 6.08 Å². The van der Waals surface area contributed by atoms with Crippen molar-refractivity contribution in [3.8, 4) is 11.1 Å². The molecule has 4 aromatic rings. The molecule has 0 bridgehead atoms. The molecule has 0 saturated heterocycles. The second-order valence-corrected chi connectivity index (χ2v) is 19.8. The molecule has 2 aliphatic rings. The van der Waals surface area contributed by atoms with E-state index in [-0.39, 0.29) is 10.8 Å². The summed E-state index contributed by atoms with van der Waals surface area (Å²) in [5, 5.41) is 1.57. The minimum absolute atomic E-state index is 0.167. The van der Waals surface area contributed by atoms with Crippen LogP contribution in [0.2, 0.25) is 10.0 Å². The van der Waals surface area contributed by atoms with E-state index < -0.39 is 22.3 Å². The van der Waals surface area contributed by atoms with Crippen LogP contribution >= 0.6 is 23.2 Å². The van der Waals surface area contributed by atoms with E-state index in [1.807, 2.05) is 24.3 Å². The molecule has 2 aliphatic carbocycles. The molecule has 0 radical (unpaired) electrons. The van der Waals surface area contributed by atoms with Gasteiger partial charge in [-0.2, -0.15) is 35.4 Å². The third-order valence-corrected chi connectivity index (χ3v) is 12.3. The topological polar surface area (TPSA) is 0 Å². The maximum absolute atomic E-state index is 5.84. The molecular formula is C48H56Cl2Zr-2. The van der Waals surface area contributed by atoms with Crippen molar-refractivity contribution in [3.63, 3.8) is 0 Å². The minimum atomic E-state index is -0.623. The summed E-state index contributed by atoms with van der Waals surface area (Å²) in [5.41, 5.74) is 14.5. The first kappa shape index (κ1) is 41.3. The van der Waals surface area contributed by atoms with Crippen molar-refractivity contribution < 1.29 is 22.3 Å². The molecule has 1 unspecified atom stereocenters. The van der Waals surface area contributed by atoms with Crippen LogP contribution in [0.25, 0.3) is 11.1 Å². The number of fused-ring (bicyclic) bond motifs is 3. The van der Waals surface area contributed by atoms with E-state index in [1.54, 1.807) is 0 Å². The van der Waals surface area contributed by atoms with E-state index in [4.69, 9.17) is 23.2 Å². The van der Waals surface area contributed by atoms with Gasteiger partial charge in [0.25, 0.3) is 0 Å². The SMILES string of the molecule is CC(C)(C)c1[c-]c2c(cc1)-c1ccc(C(C)(C)C)cc1C2.CCC1=[C-]C(CC)C=C1C(C)(C)C.Clc1ccc([CH]=[Zr]=[CH]c2ccc(Cl)cc2)cc1. The van der Waals surface area contributed by atoms with Crippen molar-refractivity contribution in [1.29, 1.82) is 0 Å². The summed E-state index contributed by atoms with van der Waals surface area (Å²) >= 11 is 11.0. The first-order chi connectivity index (χ1) is 23.9. The third-order valence-electron chi connectivity index (χ3n) is 9.36. The predicted octanol–water partition coefficient (Wildman–Crippen LogP) is 13.9. The Morgan fingerprint density at radius 3 is 1.69 bits per heavy atom. The van der Waals surface area contributed by atoms with Gasteiger partial charge in [0.15, 0.2) is 0 Å². The van der Waals surface area contributed by atoms with E-state index in [0.717, 1.165) is 22.9 Å². The molecule has 3 heteroatoms. The summed E-state index contributed by atoms with van der Waals surface area (Å²) < 4.78 is 4.66. The van der Waals surface area contributed by atoms with Crippen molar-refractivity contribution in [2.75, 3.05) is 0 Å². The summed E-state index contributed by atoms with van der Waals surface area (Å²) in [7, 11) is 0. The number of rotatable bonds is 4. The number of hydrogen-bond donors (Lipinski definition) is 0. The molecule has 0 amide bonds. The Bertz CT molecular complexity index is 1800. The van der Waals surface area contributed by atoms with Gasteiger partial charge in [0.1, 0.15) is 0 Å². The summed E-state index contributed by atoms with van der Waals surface area (Å²) in [6.45, 7) is 24.9. The van der Waals surface area contributed by atoms with Crippen molar-refractivity contribution in [2.45, 2.75) is 106 Å². The molecular weight excluding hydrogens is 739 g/mol. The first-order valence-corrected chi connectivity index (χ1v) is 22.0. The molecule has 6 rings (SSSR count). The second kappa shape index (κ2) is 17.6. The molecule has 268 valence electrons. The van der Waals surface area contributed by atoms with Gasteiger partial charge in [-0.1, -0.05) is 124 Å². The summed E-state index contributed by atoms with van der Waals surface area (Å²) in [5.74, 6) is 0.573. The molecule has 0 N–H and O–H groups in total. The van der Waals surface area contributed by atoms with Crippen molar-refractivity contribution >= 4 is 30.6 Å². The molecule has 0 heterocycles. The normalized spacial score (nSPS) is 14.8. The van der Waals surface area contributed by atoms with Crippen molar-refractivity contribution in [2.24, 2.45) is 11.3 Å². The molecule has 0 aliphatic heterocycles. The molecule has 4 aromatic carbocycles. The van der Waals surface area contributed by atoms with Crippen molar-refractivity contribution in [3.05, 3.63) is 152 Å². The van der Waals surface area contributed by atoms with Gasteiger partial charge in [0, 0.05) is 0 Å². The number of allylic oxidation sites excluding steroid dienone is 4. The second-order valence-electron chi connectivity index (χ2n) is 16.7. The molecule has 0 aromatic heterocycles. The predicted molar refractivity (Wildman–Crippen MR) is 223 cm³/mol. The first-order valence-electron chi connectivity index (χ1n) is 18.4. The van der Waals surface area contributed by atoms with Crippen LogP contribution in [0.15, 0.2) is 96.1 Å². The number of hydrogen-bond acceptors (Lipinski definition) is 0. The fourth-order valence-electron chi connectivity index (χ4n) is 6.24. The molecule has 0 nitrogen and oxygen atoms in total. The monoisotopic (exact) mass is 792 g/mol. The number of halogens is 2. The van der Waals surface area contributed by atoms with Gasteiger partial charge in [0.05, 0.1) is 0 Å². The van der Waals surface area contributed by atoms with E-state index in [9.17, 15) is 0 Å². The Hall–Kier alpha value is -2.44.